The average molecular weight is 602 g/mol. The van der Waals surface area contributed by atoms with Crippen LogP contribution in [0, 0.1) is 6.92 Å². The molecule has 6 nitrogen and oxygen atoms in total. The molecule has 196 valence electrons. The van der Waals surface area contributed by atoms with Crippen LogP contribution < -0.4 is 10.1 Å². The predicted octanol–water partition coefficient (Wildman–Crippen LogP) is 8.14. The number of fused-ring (bicyclic) bond motifs is 1. The lowest BCUT2D eigenvalue weighted by Gasteiger charge is -2.15. The van der Waals surface area contributed by atoms with E-state index in [4.69, 9.17) is 14.5 Å². The van der Waals surface area contributed by atoms with Gasteiger partial charge in [-0.15, -0.1) is 11.3 Å². The van der Waals surface area contributed by atoms with Crippen LogP contribution in [0.15, 0.2) is 82.6 Å². The minimum Gasteiger partial charge on any atom is -0.497 e. The van der Waals surface area contributed by atoms with Crippen LogP contribution in [0.2, 0.25) is 0 Å². The number of amides is 1. The van der Waals surface area contributed by atoms with Gasteiger partial charge >= 0.3 is 5.97 Å². The van der Waals surface area contributed by atoms with Gasteiger partial charge in [-0.25, -0.2) is 9.78 Å². The lowest BCUT2D eigenvalue weighted by molar-refractivity contribution is 0.0529. The van der Waals surface area contributed by atoms with Gasteiger partial charge in [-0.3, -0.25) is 4.79 Å². The Morgan fingerprint density at radius 3 is 2.33 bits per heavy atom. The van der Waals surface area contributed by atoms with Crippen LogP contribution in [0.5, 0.6) is 5.75 Å². The lowest BCUT2D eigenvalue weighted by atomic mass is 9.97. The van der Waals surface area contributed by atoms with Gasteiger partial charge in [-0.05, 0) is 67.4 Å². The fourth-order valence-electron chi connectivity index (χ4n) is 4.49. The standard InChI is InChI=1S/C31H25BrN2O4S/c1-4-38-31(36)27-24(19-9-13-21(32)14-10-19)17-39-30(27)34-29(35)26-18(2)28(20-11-15-22(37-3)16-12-20)33-25-8-6-5-7-23(25)26/h5-17H,4H2,1-3H3,(H,34,35). The molecule has 0 radical (unpaired) electrons. The summed E-state index contributed by atoms with van der Waals surface area (Å²) < 4.78 is 11.6. The maximum atomic E-state index is 13.9. The molecule has 0 aliphatic rings. The highest BCUT2D eigenvalue weighted by molar-refractivity contribution is 9.10. The zero-order valence-corrected chi connectivity index (χ0v) is 24.0. The molecule has 0 atom stereocenters. The van der Waals surface area contributed by atoms with E-state index in [0.29, 0.717) is 32.9 Å². The highest BCUT2D eigenvalue weighted by Gasteiger charge is 2.25. The molecule has 0 spiro atoms. The van der Waals surface area contributed by atoms with Crippen molar-refractivity contribution in [2.45, 2.75) is 13.8 Å². The number of aromatic nitrogens is 1. The van der Waals surface area contributed by atoms with Crippen molar-refractivity contribution in [1.82, 2.24) is 4.98 Å². The summed E-state index contributed by atoms with van der Waals surface area (Å²) in [5, 5.41) is 6.05. The van der Waals surface area contributed by atoms with Crippen LogP contribution in [0.3, 0.4) is 0 Å². The van der Waals surface area contributed by atoms with E-state index < -0.39 is 5.97 Å². The van der Waals surface area contributed by atoms with Crippen molar-refractivity contribution in [2.75, 3.05) is 19.0 Å². The highest BCUT2D eigenvalue weighted by atomic mass is 79.9. The summed E-state index contributed by atoms with van der Waals surface area (Å²) in [6.45, 7) is 3.87. The van der Waals surface area contributed by atoms with Gasteiger partial charge in [-0.1, -0.05) is 46.3 Å². The Morgan fingerprint density at radius 2 is 1.64 bits per heavy atom. The lowest BCUT2D eigenvalue weighted by Crippen LogP contribution is -2.17. The van der Waals surface area contributed by atoms with Gasteiger partial charge in [0.05, 0.1) is 30.5 Å². The van der Waals surface area contributed by atoms with Crippen LogP contribution in [0.4, 0.5) is 5.00 Å². The van der Waals surface area contributed by atoms with E-state index in [-0.39, 0.29) is 12.5 Å². The number of methoxy groups -OCH3 is 1. The van der Waals surface area contributed by atoms with Crippen LogP contribution in [-0.4, -0.2) is 30.6 Å². The minimum absolute atomic E-state index is 0.223. The number of nitrogens with zero attached hydrogens (tertiary/aromatic N) is 1. The van der Waals surface area contributed by atoms with Crippen LogP contribution >= 0.6 is 27.3 Å². The summed E-state index contributed by atoms with van der Waals surface area (Å²) in [6, 6.07) is 22.8. The van der Waals surface area contributed by atoms with Gasteiger partial charge in [-0.2, -0.15) is 0 Å². The maximum absolute atomic E-state index is 13.9. The molecule has 5 rings (SSSR count). The first kappa shape index (κ1) is 26.6. The number of rotatable bonds is 7. The van der Waals surface area contributed by atoms with E-state index in [2.05, 4.69) is 21.2 Å². The van der Waals surface area contributed by atoms with E-state index in [1.165, 1.54) is 11.3 Å². The fraction of sp³-hybridized carbons (Fsp3) is 0.129. The molecule has 0 bridgehead atoms. The SMILES string of the molecule is CCOC(=O)c1c(-c2ccc(Br)cc2)csc1NC(=O)c1c(C)c(-c2ccc(OC)cc2)nc2ccccc12. The second kappa shape index (κ2) is 11.4. The van der Waals surface area contributed by atoms with Gasteiger partial charge in [0.25, 0.3) is 5.91 Å². The number of ether oxygens (including phenoxy) is 2. The molecular weight excluding hydrogens is 576 g/mol. The van der Waals surface area contributed by atoms with E-state index in [1.807, 2.05) is 85.1 Å². The van der Waals surface area contributed by atoms with Gasteiger partial charge in [0.1, 0.15) is 16.3 Å². The van der Waals surface area contributed by atoms with Crippen molar-refractivity contribution in [3.63, 3.8) is 0 Å². The largest absolute Gasteiger partial charge is 0.497 e. The number of halogens is 1. The molecular formula is C31H25BrN2O4S. The summed E-state index contributed by atoms with van der Waals surface area (Å²) in [4.78, 5) is 31.9. The van der Waals surface area contributed by atoms with Crippen molar-refractivity contribution >= 4 is 55.0 Å². The quantitative estimate of drug-likeness (QED) is 0.191. The number of hydrogen-bond donors (Lipinski definition) is 1. The summed E-state index contributed by atoms with van der Waals surface area (Å²) >= 11 is 4.75. The monoisotopic (exact) mass is 600 g/mol. The first-order chi connectivity index (χ1) is 18.9. The summed E-state index contributed by atoms with van der Waals surface area (Å²) in [7, 11) is 1.62. The fourth-order valence-corrected chi connectivity index (χ4v) is 5.71. The number of carbonyl (C=O) groups excluding carboxylic acids is 2. The molecule has 0 saturated heterocycles. The zero-order valence-electron chi connectivity index (χ0n) is 21.6. The number of esters is 1. The van der Waals surface area contributed by atoms with E-state index in [0.717, 1.165) is 32.3 Å². The molecule has 2 heterocycles. The highest BCUT2D eigenvalue weighted by Crippen LogP contribution is 2.38. The normalized spacial score (nSPS) is 10.9. The summed E-state index contributed by atoms with van der Waals surface area (Å²) in [6.07, 6.45) is 0. The molecule has 0 aliphatic carbocycles. The molecule has 0 unspecified atom stereocenters. The number of anilines is 1. The first-order valence-corrected chi connectivity index (χ1v) is 14.0. The van der Waals surface area contributed by atoms with Crippen LogP contribution in [0.1, 0.15) is 33.2 Å². The smallest absolute Gasteiger partial charge is 0.341 e. The molecule has 2 aromatic heterocycles. The van der Waals surface area contributed by atoms with E-state index in [1.54, 1.807) is 14.0 Å². The Morgan fingerprint density at radius 1 is 0.949 bits per heavy atom. The summed E-state index contributed by atoms with van der Waals surface area (Å²) in [5.74, 6) is -0.0706. The Balaban J connectivity index is 1.60. The maximum Gasteiger partial charge on any atom is 0.341 e. The number of pyridine rings is 1. The Hall–Kier alpha value is -4.01. The van der Waals surface area contributed by atoms with Crippen LogP contribution in [0.25, 0.3) is 33.3 Å². The van der Waals surface area contributed by atoms with Gasteiger partial charge in [0.2, 0.25) is 0 Å². The third-order valence-corrected chi connectivity index (χ3v) is 7.80. The first-order valence-electron chi connectivity index (χ1n) is 12.3. The summed E-state index contributed by atoms with van der Waals surface area (Å²) in [5.41, 5.74) is 5.40. The molecule has 39 heavy (non-hydrogen) atoms. The van der Waals surface area contributed by atoms with Crippen molar-refractivity contribution < 1.29 is 19.1 Å². The second-order valence-corrected chi connectivity index (χ2v) is 10.5. The number of nitrogens with one attached hydrogen (secondary N) is 1. The topological polar surface area (TPSA) is 77.5 Å². The molecule has 8 heteroatoms. The Labute approximate surface area is 238 Å². The Bertz CT molecular complexity index is 1680. The molecule has 5 aromatic rings. The minimum atomic E-state index is -0.484. The van der Waals surface area contributed by atoms with Crippen molar-refractivity contribution in [1.29, 1.82) is 0 Å². The molecule has 1 amide bonds. The van der Waals surface area contributed by atoms with Crippen molar-refractivity contribution in [3.05, 3.63) is 99.3 Å². The second-order valence-electron chi connectivity index (χ2n) is 8.74. The average Bonchev–Trinajstić information content (AvgIpc) is 3.36. The van der Waals surface area contributed by atoms with E-state index in [9.17, 15) is 9.59 Å². The third kappa shape index (κ3) is 5.30. The number of thiophene rings is 1. The zero-order chi connectivity index (χ0) is 27.5. The Kier molecular flexibility index (Phi) is 7.77. The number of hydrogen-bond acceptors (Lipinski definition) is 6. The van der Waals surface area contributed by atoms with E-state index >= 15 is 0 Å². The third-order valence-electron chi connectivity index (χ3n) is 6.38. The molecule has 0 saturated carbocycles. The molecule has 0 aliphatic heterocycles. The number of para-hydroxylation sites is 1. The molecule has 3 aromatic carbocycles. The van der Waals surface area contributed by atoms with Gasteiger partial charge < -0.3 is 14.8 Å². The van der Waals surface area contributed by atoms with Crippen molar-refractivity contribution in [3.8, 4) is 28.1 Å². The number of carbonyl (C=O) groups is 2. The number of benzene rings is 3. The van der Waals surface area contributed by atoms with Crippen molar-refractivity contribution in [2.24, 2.45) is 0 Å². The molecule has 1 N–H and O–H groups in total. The van der Waals surface area contributed by atoms with Gasteiger partial charge in [0, 0.05) is 26.4 Å². The van der Waals surface area contributed by atoms with Crippen LogP contribution in [-0.2, 0) is 4.74 Å². The predicted molar refractivity (Wildman–Crippen MR) is 160 cm³/mol. The van der Waals surface area contributed by atoms with Gasteiger partial charge in [0.15, 0.2) is 0 Å². The molecule has 0 fully saturated rings.